The Morgan fingerprint density at radius 1 is 0.880 bits per heavy atom. The first-order valence-electron chi connectivity index (χ1n) is 18.9. The molecule has 282 valence electrons. The van der Waals surface area contributed by atoms with Gasteiger partial charge in [0.2, 0.25) is 29.5 Å². The van der Waals surface area contributed by atoms with E-state index in [4.69, 9.17) is 10.5 Å². The highest BCUT2D eigenvalue weighted by Gasteiger charge is 2.44. The molecule has 14 heteroatoms. The SMILES string of the molecule is CCC[C@H]1C(=O)N[C@@H](C2CCCCCC2)C(=O)N[C@@H](CN)C(=O)N[C@@H]([C@H](C)O)C(=O)NCC(=O)O[C@H](C[C@H]2CC3CCC2C3)[C@@H](C)C(=O)N1C. The lowest BCUT2D eigenvalue weighted by Gasteiger charge is -2.35. The lowest BCUT2D eigenvalue weighted by atomic mass is 9.82. The standard InChI is InChI=1S/C36H60N6O8/c1-5-10-27-33(46)41-31(23-11-8-6-7-9-12-23)35(48)39-26(18-37)32(45)40-30(21(3)43)34(47)38-19-29(44)50-28(20(2)36(49)42(27)4)17-25-16-22-13-14-24(25)15-22/h20-28,30-31,43H,5-19,37H2,1-4H3,(H,38,47)(H,39,48)(H,40,45)(H,41,46)/t20-,21+,22?,24?,25-,26+,27+,28-,30+,31+/m1/s1. The van der Waals surface area contributed by atoms with Crippen LogP contribution < -0.4 is 27.0 Å². The number of amides is 5. The summed E-state index contributed by atoms with van der Waals surface area (Å²) >= 11 is 0. The molecule has 0 aromatic rings. The highest BCUT2D eigenvalue weighted by atomic mass is 16.5. The Morgan fingerprint density at radius 2 is 1.58 bits per heavy atom. The summed E-state index contributed by atoms with van der Waals surface area (Å²) in [6.45, 7) is 4.06. The number of esters is 1. The molecule has 0 spiro atoms. The Kier molecular flexibility index (Phi) is 14.5. The van der Waals surface area contributed by atoms with Crippen LogP contribution in [0.5, 0.6) is 0 Å². The number of hydrogen-bond acceptors (Lipinski definition) is 9. The number of aliphatic hydroxyl groups excluding tert-OH is 1. The summed E-state index contributed by atoms with van der Waals surface area (Å²) in [5.74, 6) is -3.37. The third-order valence-corrected chi connectivity index (χ3v) is 11.6. The van der Waals surface area contributed by atoms with Gasteiger partial charge in [0.05, 0.1) is 12.0 Å². The van der Waals surface area contributed by atoms with Crippen molar-refractivity contribution in [1.82, 2.24) is 26.2 Å². The molecule has 3 aliphatic carbocycles. The van der Waals surface area contributed by atoms with E-state index < -0.39 is 78.4 Å². The van der Waals surface area contributed by atoms with Crippen LogP contribution in [0.2, 0.25) is 0 Å². The van der Waals surface area contributed by atoms with E-state index in [2.05, 4.69) is 21.3 Å². The molecule has 0 aromatic heterocycles. The summed E-state index contributed by atoms with van der Waals surface area (Å²) < 4.78 is 5.94. The lowest BCUT2D eigenvalue weighted by Crippen LogP contribution is -2.62. The molecular formula is C36H60N6O8. The highest BCUT2D eigenvalue weighted by Crippen LogP contribution is 2.50. The molecule has 1 saturated heterocycles. The van der Waals surface area contributed by atoms with Gasteiger partial charge in [-0.2, -0.15) is 0 Å². The number of ether oxygens (including phenoxy) is 1. The largest absolute Gasteiger partial charge is 0.460 e. The van der Waals surface area contributed by atoms with Crippen LogP contribution in [0.1, 0.15) is 104 Å². The summed E-state index contributed by atoms with van der Waals surface area (Å²) in [4.78, 5) is 83.3. The molecule has 0 aromatic carbocycles. The Hall–Kier alpha value is -3.26. The third kappa shape index (κ3) is 9.95. The monoisotopic (exact) mass is 704 g/mol. The first-order valence-corrected chi connectivity index (χ1v) is 18.9. The minimum atomic E-state index is -1.46. The molecule has 3 saturated carbocycles. The fourth-order valence-corrected chi connectivity index (χ4v) is 8.65. The minimum Gasteiger partial charge on any atom is -0.460 e. The van der Waals surface area contributed by atoms with E-state index in [1.54, 1.807) is 14.0 Å². The number of nitrogens with one attached hydrogen (secondary N) is 4. The molecule has 4 fully saturated rings. The van der Waals surface area contributed by atoms with Gasteiger partial charge in [0, 0.05) is 13.6 Å². The number of likely N-dealkylation sites (N-methyl/N-ethyl adjacent to an activating group) is 1. The number of carbonyl (C=O) groups excluding carboxylic acids is 6. The van der Waals surface area contributed by atoms with Crippen LogP contribution in [0.3, 0.4) is 0 Å². The molecule has 1 aliphatic heterocycles. The van der Waals surface area contributed by atoms with Crippen molar-refractivity contribution in [2.24, 2.45) is 35.3 Å². The molecule has 14 nitrogen and oxygen atoms in total. The van der Waals surface area contributed by atoms with E-state index in [1.165, 1.54) is 18.2 Å². The molecule has 0 radical (unpaired) electrons. The van der Waals surface area contributed by atoms with E-state index in [1.807, 2.05) is 6.92 Å². The first-order chi connectivity index (χ1) is 23.8. The van der Waals surface area contributed by atoms with Crippen LogP contribution in [0.25, 0.3) is 0 Å². The zero-order chi connectivity index (χ0) is 36.5. The maximum absolute atomic E-state index is 14.2. The summed E-state index contributed by atoms with van der Waals surface area (Å²) in [6, 6.07) is -4.63. The topological polar surface area (TPSA) is 209 Å². The van der Waals surface area contributed by atoms with Crippen molar-refractivity contribution in [2.75, 3.05) is 20.1 Å². The lowest BCUT2D eigenvalue weighted by molar-refractivity contribution is -0.158. The average molecular weight is 705 g/mol. The number of carbonyl (C=O) groups is 6. The van der Waals surface area contributed by atoms with Gasteiger partial charge in [-0.3, -0.25) is 28.8 Å². The van der Waals surface area contributed by atoms with E-state index in [0.717, 1.165) is 44.9 Å². The number of cyclic esters (lactones) is 1. The molecule has 2 unspecified atom stereocenters. The van der Waals surface area contributed by atoms with Crippen LogP contribution in [0.15, 0.2) is 0 Å². The minimum absolute atomic E-state index is 0.208. The van der Waals surface area contributed by atoms with Gasteiger partial charge in [0.1, 0.15) is 36.8 Å². The Bertz CT molecular complexity index is 1220. The summed E-state index contributed by atoms with van der Waals surface area (Å²) in [7, 11) is 1.57. The predicted molar refractivity (Wildman–Crippen MR) is 185 cm³/mol. The van der Waals surface area contributed by atoms with Crippen molar-refractivity contribution in [3.63, 3.8) is 0 Å². The molecule has 5 amide bonds. The van der Waals surface area contributed by atoms with Crippen LogP contribution in [0, 0.1) is 29.6 Å². The number of hydrogen-bond donors (Lipinski definition) is 6. The smallest absolute Gasteiger partial charge is 0.325 e. The van der Waals surface area contributed by atoms with Gasteiger partial charge in [0.15, 0.2) is 0 Å². The van der Waals surface area contributed by atoms with Crippen LogP contribution in [-0.2, 0) is 33.5 Å². The van der Waals surface area contributed by atoms with Gasteiger partial charge in [0.25, 0.3) is 0 Å². The highest BCUT2D eigenvalue weighted by molar-refractivity contribution is 5.96. The van der Waals surface area contributed by atoms with Gasteiger partial charge in [-0.1, -0.05) is 52.4 Å². The Morgan fingerprint density at radius 3 is 2.16 bits per heavy atom. The average Bonchev–Trinajstić information content (AvgIpc) is 3.61. The van der Waals surface area contributed by atoms with Crippen molar-refractivity contribution < 1.29 is 38.6 Å². The molecule has 4 rings (SSSR count). The molecule has 2 bridgehead atoms. The second-order valence-electron chi connectivity index (χ2n) is 15.2. The van der Waals surface area contributed by atoms with Crippen molar-refractivity contribution in [2.45, 2.75) is 141 Å². The van der Waals surface area contributed by atoms with E-state index in [0.29, 0.717) is 49.9 Å². The van der Waals surface area contributed by atoms with Crippen molar-refractivity contribution in [1.29, 1.82) is 0 Å². The maximum Gasteiger partial charge on any atom is 0.325 e. The van der Waals surface area contributed by atoms with Gasteiger partial charge < -0.3 is 41.7 Å². The normalized spacial score (nSPS) is 35.1. The van der Waals surface area contributed by atoms with E-state index in [-0.39, 0.29) is 18.4 Å². The molecule has 10 atom stereocenters. The summed E-state index contributed by atoms with van der Waals surface area (Å²) in [5, 5.41) is 20.9. The van der Waals surface area contributed by atoms with Gasteiger partial charge >= 0.3 is 5.97 Å². The molecule has 50 heavy (non-hydrogen) atoms. The maximum atomic E-state index is 14.2. The van der Waals surface area contributed by atoms with E-state index >= 15 is 0 Å². The molecule has 4 aliphatic rings. The second-order valence-corrected chi connectivity index (χ2v) is 15.2. The number of fused-ring (bicyclic) bond motifs is 2. The predicted octanol–water partition coefficient (Wildman–Crippen LogP) is 0.882. The second kappa shape index (κ2) is 18.3. The molecular weight excluding hydrogens is 644 g/mol. The number of nitrogens with two attached hydrogens (primary N) is 1. The first kappa shape index (κ1) is 39.5. The Balaban J connectivity index is 1.68. The fraction of sp³-hybridized carbons (Fsp3) is 0.833. The molecule has 7 N–H and O–H groups in total. The quantitative estimate of drug-likeness (QED) is 0.164. The summed E-state index contributed by atoms with van der Waals surface area (Å²) in [6.07, 6.45) is 8.90. The number of aliphatic hydroxyl groups is 1. The third-order valence-electron chi connectivity index (χ3n) is 11.6. The van der Waals surface area contributed by atoms with Crippen molar-refractivity contribution in [3.05, 3.63) is 0 Å². The van der Waals surface area contributed by atoms with Crippen molar-refractivity contribution >= 4 is 35.5 Å². The molecule has 1 heterocycles. The van der Waals surface area contributed by atoms with Crippen LogP contribution in [-0.4, -0.2) is 102 Å². The fourth-order valence-electron chi connectivity index (χ4n) is 8.65. The van der Waals surface area contributed by atoms with Gasteiger partial charge in [-0.15, -0.1) is 0 Å². The Labute approximate surface area is 296 Å². The summed E-state index contributed by atoms with van der Waals surface area (Å²) in [5.41, 5.74) is 5.91. The van der Waals surface area contributed by atoms with E-state index in [9.17, 15) is 33.9 Å². The van der Waals surface area contributed by atoms with Gasteiger partial charge in [-0.25, -0.2) is 0 Å². The zero-order valence-electron chi connectivity index (χ0n) is 30.3. The van der Waals surface area contributed by atoms with Gasteiger partial charge in [-0.05, 0) is 75.5 Å². The number of rotatable bonds is 7. The van der Waals surface area contributed by atoms with Crippen LogP contribution in [0.4, 0.5) is 0 Å². The van der Waals surface area contributed by atoms with Crippen molar-refractivity contribution in [3.8, 4) is 0 Å². The number of nitrogens with zero attached hydrogens (tertiary/aromatic N) is 1. The zero-order valence-corrected chi connectivity index (χ0v) is 30.3. The van der Waals surface area contributed by atoms with Crippen LogP contribution >= 0.6 is 0 Å².